The van der Waals surface area contributed by atoms with Gasteiger partial charge in [0, 0.05) is 24.3 Å². The molecule has 0 unspecified atom stereocenters. The van der Waals surface area contributed by atoms with Gasteiger partial charge in [0.05, 0.1) is 0 Å². The van der Waals surface area contributed by atoms with Crippen molar-refractivity contribution in [3.8, 4) is 0 Å². The van der Waals surface area contributed by atoms with Gasteiger partial charge in [0.2, 0.25) is 0 Å². The second kappa shape index (κ2) is 3.66. The number of nitrogens with zero attached hydrogens (tertiary/aromatic N) is 1. The third-order valence-electron chi connectivity index (χ3n) is 2.98. The van der Waals surface area contributed by atoms with Gasteiger partial charge in [0.1, 0.15) is 5.65 Å². The lowest BCUT2D eigenvalue weighted by atomic mass is 10.2. The van der Waals surface area contributed by atoms with Crippen molar-refractivity contribution >= 4 is 11.0 Å². The van der Waals surface area contributed by atoms with E-state index in [1.54, 1.807) is 0 Å². The molecule has 0 bridgehead atoms. The van der Waals surface area contributed by atoms with Crippen molar-refractivity contribution in [2.45, 2.75) is 19.4 Å². The van der Waals surface area contributed by atoms with Gasteiger partial charge in [-0.15, -0.1) is 0 Å². The SMILES string of the molecule is c1cnc2[nH]cc(CNCC3CC3)c2c1. The van der Waals surface area contributed by atoms with E-state index in [-0.39, 0.29) is 0 Å². The first-order valence-electron chi connectivity index (χ1n) is 5.55. The van der Waals surface area contributed by atoms with Crippen LogP contribution in [0, 0.1) is 5.92 Å². The standard InChI is InChI=1S/C12H15N3/c1-2-11-10(7-13-6-9-3-4-9)8-15-12(11)14-5-1/h1-2,5,8-9,13H,3-4,6-7H2,(H,14,15). The molecule has 3 rings (SSSR count). The molecule has 0 amide bonds. The van der Waals surface area contributed by atoms with Crippen molar-refractivity contribution in [1.29, 1.82) is 0 Å². The maximum absolute atomic E-state index is 4.27. The average molecular weight is 201 g/mol. The van der Waals surface area contributed by atoms with Gasteiger partial charge < -0.3 is 10.3 Å². The minimum absolute atomic E-state index is 0.938. The fraction of sp³-hybridized carbons (Fsp3) is 0.417. The molecule has 0 radical (unpaired) electrons. The van der Waals surface area contributed by atoms with E-state index < -0.39 is 0 Å². The molecule has 2 aromatic heterocycles. The van der Waals surface area contributed by atoms with Crippen LogP contribution in [0.3, 0.4) is 0 Å². The number of H-pyrrole nitrogens is 1. The summed E-state index contributed by atoms with van der Waals surface area (Å²) in [5.41, 5.74) is 2.31. The van der Waals surface area contributed by atoms with Crippen molar-refractivity contribution < 1.29 is 0 Å². The van der Waals surface area contributed by atoms with Gasteiger partial charge in [-0.1, -0.05) is 0 Å². The number of fused-ring (bicyclic) bond motifs is 1. The van der Waals surface area contributed by atoms with Crippen molar-refractivity contribution in [3.63, 3.8) is 0 Å². The lowest BCUT2D eigenvalue weighted by Gasteiger charge is -2.01. The maximum Gasteiger partial charge on any atom is 0.137 e. The Labute approximate surface area is 88.9 Å². The number of hydrogen-bond donors (Lipinski definition) is 2. The van der Waals surface area contributed by atoms with Crippen LogP contribution >= 0.6 is 0 Å². The van der Waals surface area contributed by atoms with Crippen LogP contribution in [0.1, 0.15) is 18.4 Å². The Bertz CT molecular complexity index is 457. The molecule has 0 aromatic carbocycles. The molecule has 1 aliphatic rings. The van der Waals surface area contributed by atoms with Gasteiger partial charge in [-0.3, -0.25) is 0 Å². The monoisotopic (exact) mass is 201 g/mol. The number of rotatable bonds is 4. The first kappa shape index (κ1) is 8.92. The summed E-state index contributed by atoms with van der Waals surface area (Å²) in [4.78, 5) is 7.46. The molecular weight excluding hydrogens is 186 g/mol. The highest BCUT2D eigenvalue weighted by atomic mass is 14.9. The number of hydrogen-bond acceptors (Lipinski definition) is 2. The van der Waals surface area contributed by atoms with Crippen LogP contribution in [-0.2, 0) is 6.54 Å². The van der Waals surface area contributed by atoms with Gasteiger partial charge in [-0.2, -0.15) is 0 Å². The molecule has 1 fully saturated rings. The highest BCUT2D eigenvalue weighted by Gasteiger charge is 2.20. The van der Waals surface area contributed by atoms with E-state index in [1.807, 2.05) is 12.3 Å². The largest absolute Gasteiger partial charge is 0.346 e. The molecule has 1 aliphatic carbocycles. The van der Waals surface area contributed by atoms with Crippen LogP contribution in [-0.4, -0.2) is 16.5 Å². The first-order valence-corrected chi connectivity index (χ1v) is 5.55. The van der Waals surface area contributed by atoms with Crippen LogP contribution in [0.5, 0.6) is 0 Å². The lowest BCUT2D eigenvalue weighted by molar-refractivity contribution is 0.641. The number of pyridine rings is 1. The van der Waals surface area contributed by atoms with Gasteiger partial charge in [0.25, 0.3) is 0 Å². The summed E-state index contributed by atoms with van der Waals surface area (Å²) in [6.07, 6.45) is 6.68. The first-order chi connectivity index (χ1) is 7.43. The maximum atomic E-state index is 4.27. The predicted octanol–water partition coefficient (Wildman–Crippen LogP) is 2.06. The second-order valence-corrected chi connectivity index (χ2v) is 4.29. The molecule has 0 atom stereocenters. The molecule has 2 aromatic rings. The Morgan fingerprint density at radius 3 is 3.27 bits per heavy atom. The molecule has 3 heteroatoms. The van der Waals surface area contributed by atoms with Gasteiger partial charge >= 0.3 is 0 Å². The van der Waals surface area contributed by atoms with E-state index in [2.05, 4.69) is 27.5 Å². The Balaban J connectivity index is 1.72. The quantitative estimate of drug-likeness (QED) is 0.795. The Hall–Kier alpha value is -1.35. The van der Waals surface area contributed by atoms with Crippen LogP contribution in [0.25, 0.3) is 11.0 Å². The summed E-state index contributed by atoms with van der Waals surface area (Å²) in [6, 6.07) is 4.10. The topological polar surface area (TPSA) is 40.7 Å². The normalized spacial score (nSPS) is 16.0. The van der Waals surface area contributed by atoms with E-state index in [0.29, 0.717) is 0 Å². The molecule has 78 valence electrons. The molecule has 0 aliphatic heterocycles. The number of aromatic nitrogens is 2. The molecule has 2 heterocycles. The van der Waals surface area contributed by atoms with E-state index in [0.717, 1.165) is 24.7 Å². The van der Waals surface area contributed by atoms with Gasteiger partial charge in [-0.25, -0.2) is 4.98 Å². The fourth-order valence-corrected chi connectivity index (χ4v) is 1.89. The van der Waals surface area contributed by atoms with Gasteiger partial charge in [0.15, 0.2) is 0 Å². The summed E-state index contributed by atoms with van der Waals surface area (Å²) in [6.45, 7) is 2.11. The minimum atomic E-state index is 0.938. The van der Waals surface area contributed by atoms with Crippen molar-refractivity contribution in [2.24, 2.45) is 5.92 Å². The summed E-state index contributed by atoms with van der Waals surface area (Å²) in [5.74, 6) is 0.938. The second-order valence-electron chi connectivity index (χ2n) is 4.29. The molecule has 0 spiro atoms. The van der Waals surface area contributed by atoms with Crippen molar-refractivity contribution in [3.05, 3.63) is 30.1 Å². The summed E-state index contributed by atoms with van der Waals surface area (Å²) in [7, 11) is 0. The zero-order chi connectivity index (χ0) is 10.1. The van der Waals surface area contributed by atoms with Gasteiger partial charge in [-0.05, 0) is 43.0 Å². The highest BCUT2D eigenvalue weighted by molar-refractivity contribution is 5.79. The van der Waals surface area contributed by atoms with E-state index in [1.165, 1.54) is 23.8 Å². The predicted molar refractivity (Wildman–Crippen MR) is 60.5 cm³/mol. The van der Waals surface area contributed by atoms with E-state index in [4.69, 9.17) is 0 Å². The highest BCUT2D eigenvalue weighted by Crippen LogP contribution is 2.27. The van der Waals surface area contributed by atoms with Crippen molar-refractivity contribution in [2.75, 3.05) is 6.54 Å². The summed E-state index contributed by atoms with van der Waals surface area (Å²) >= 11 is 0. The molecule has 1 saturated carbocycles. The number of aromatic amines is 1. The zero-order valence-corrected chi connectivity index (χ0v) is 8.66. The molecule has 3 nitrogen and oxygen atoms in total. The minimum Gasteiger partial charge on any atom is -0.346 e. The summed E-state index contributed by atoms with van der Waals surface area (Å²) < 4.78 is 0. The third kappa shape index (κ3) is 1.88. The Morgan fingerprint density at radius 2 is 2.40 bits per heavy atom. The summed E-state index contributed by atoms with van der Waals surface area (Å²) in [5, 5.41) is 4.73. The Morgan fingerprint density at radius 1 is 1.47 bits per heavy atom. The third-order valence-corrected chi connectivity index (χ3v) is 2.98. The Kier molecular flexibility index (Phi) is 2.18. The van der Waals surface area contributed by atoms with Crippen LogP contribution in [0.2, 0.25) is 0 Å². The smallest absolute Gasteiger partial charge is 0.137 e. The number of nitrogens with one attached hydrogen (secondary N) is 2. The lowest BCUT2D eigenvalue weighted by Crippen LogP contribution is -2.15. The van der Waals surface area contributed by atoms with E-state index in [9.17, 15) is 0 Å². The average Bonchev–Trinajstić information content (AvgIpc) is 3.00. The van der Waals surface area contributed by atoms with Crippen LogP contribution in [0.15, 0.2) is 24.5 Å². The fourth-order valence-electron chi connectivity index (χ4n) is 1.89. The molecule has 2 N–H and O–H groups in total. The molecule has 0 saturated heterocycles. The molecular formula is C12H15N3. The van der Waals surface area contributed by atoms with E-state index >= 15 is 0 Å². The zero-order valence-electron chi connectivity index (χ0n) is 8.66. The van der Waals surface area contributed by atoms with Crippen LogP contribution < -0.4 is 5.32 Å². The van der Waals surface area contributed by atoms with Crippen molar-refractivity contribution in [1.82, 2.24) is 15.3 Å². The van der Waals surface area contributed by atoms with Crippen LogP contribution in [0.4, 0.5) is 0 Å². The molecule has 15 heavy (non-hydrogen) atoms.